The van der Waals surface area contributed by atoms with Gasteiger partial charge in [0.15, 0.2) is 11.5 Å². The molecule has 0 bridgehead atoms. The van der Waals surface area contributed by atoms with Gasteiger partial charge in [-0.25, -0.2) is 4.79 Å². The van der Waals surface area contributed by atoms with Crippen molar-refractivity contribution in [2.24, 2.45) is 0 Å². The van der Waals surface area contributed by atoms with Gasteiger partial charge in [0.1, 0.15) is 11.6 Å². The Morgan fingerprint density at radius 3 is 2.56 bits per heavy atom. The van der Waals surface area contributed by atoms with Gasteiger partial charge in [-0.15, -0.1) is 0 Å². The number of hydrogen-bond acceptors (Lipinski definition) is 4. The number of nitriles is 1. The van der Waals surface area contributed by atoms with E-state index >= 15 is 0 Å². The lowest BCUT2D eigenvalue weighted by atomic mass is 10.1. The summed E-state index contributed by atoms with van der Waals surface area (Å²) in [5, 5.41) is 17.6. The summed E-state index contributed by atoms with van der Waals surface area (Å²) in [4.78, 5) is 10.7. The Hall–Kier alpha value is -2.19. The summed E-state index contributed by atoms with van der Waals surface area (Å²) in [5.41, 5.74) is -0.0441. The minimum Gasteiger partial charge on any atom is -0.493 e. The first-order valence-electron chi connectivity index (χ1n) is 4.80. The van der Waals surface area contributed by atoms with Crippen LogP contribution in [0.25, 0.3) is 6.08 Å². The lowest BCUT2D eigenvalue weighted by Gasteiger charge is -2.10. The van der Waals surface area contributed by atoms with E-state index in [2.05, 4.69) is 0 Å². The molecule has 1 aromatic carbocycles. The quantitative estimate of drug-likeness (QED) is 0.669. The van der Waals surface area contributed by atoms with Crippen LogP contribution in [0, 0.1) is 11.3 Å². The molecule has 0 heterocycles. The van der Waals surface area contributed by atoms with Crippen LogP contribution < -0.4 is 9.47 Å². The van der Waals surface area contributed by atoms with Crippen molar-refractivity contribution < 1.29 is 19.4 Å². The van der Waals surface area contributed by atoms with Gasteiger partial charge < -0.3 is 14.6 Å². The first-order chi connectivity index (χ1) is 8.54. The number of carboxylic acid groups (broad SMARTS) is 1. The summed E-state index contributed by atoms with van der Waals surface area (Å²) < 4.78 is 10.1. The Labute approximate surface area is 109 Å². The molecule has 0 aliphatic rings. The van der Waals surface area contributed by atoms with Gasteiger partial charge in [-0.05, 0) is 23.8 Å². The summed E-state index contributed by atoms with van der Waals surface area (Å²) in [6.45, 7) is 0. The molecule has 0 atom stereocenters. The van der Waals surface area contributed by atoms with Crippen molar-refractivity contribution in [1.82, 2.24) is 0 Å². The van der Waals surface area contributed by atoms with Crippen LogP contribution in [0.2, 0.25) is 5.02 Å². The zero-order chi connectivity index (χ0) is 13.7. The van der Waals surface area contributed by atoms with E-state index in [0.717, 1.165) is 0 Å². The fraction of sp³-hybridized carbons (Fsp3) is 0.167. The van der Waals surface area contributed by atoms with Gasteiger partial charge in [0.05, 0.1) is 19.2 Å². The largest absolute Gasteiger partial charge is 0.493 e. The van der Waals surface area contributed by atoms with E-state index in [-0.39, 0.29) is 10.8 Å². The highest BCUT2D eigenvalue weighted by molar-refractivity contribution is 6.34. The van der Waals surface area contributed by atoms with E-state index in [1.165, 1.54) is 20.3 Å². The molecule has 0 unspecified atom stereocenters. The minimum atomic E-state index is -1.32. The van der Waals surface area contributed by atoms with Gasteiger partial charge in [0, 0.05) is 0 Å². The highest BCUT2D eigenvalue weighted by Crippen LogP contribution is 2.38. The molecule has 94 valence electrons. The fourth-order valence-electron chi connectivity index (χ4n) is 1.31. The van der Waals surface area contributed by atoms with Gasteiger partial charge in [0.2, 0.25) is 0 Å². The Bertz CT molecular complexity index is 546. The third kappa shape index (κ3) is 2.73. The molecule has 18 heavy (non-hydrogen) atoms. The topological polar surface area (TPSA) is 79.5 Å². The van der Waals surface area contributed by atoms with Crippen molar-refractivity contribution in [3.8, 4) is 17.6 Å². The Balaban J connectivity index is 3.37. The summed E-state index contributed by atoms with van der Waals surface area (Å²) in [5.74, 6) is -0.604. The lowest BCUT2D eigenvalue weighted by molar-refractivity contribution is -0.132. The number of benzene rings is 1. The van der Waals surface area contributed by atoms with Crippen LogP contribution in [0.1, 0.15) is 5.56 Å². The molecule has 0 aliphatic heterocycles. The second kappa shape index (κ2) is 5.94. The number of nitrogens with zero attached hydrogens (tertiary/aromatic N) is 1. The first kappa shape index (κ1) is 13.9. The number of ether oxygens (including phenoxy) is 2. The summed E-state index contributed by atoms with van der Waals surface area (Å²) in [6, 6.07) is 4.70. The lowest BCUT2D eigenvalue weighted by Crippen LogP contribution is -1.98. The van der Waals surface area contributed by atoms with Gasteiger partial charge in [-0.3, -0.25) is 0 Å². The van der Waals surface area contributed by atoms with E-state index < -0.39 is 11.5 Å². The highest BCUT2D eigenvalue weighted by atomic mass is 35.5. The Morgan fingerprint density at radius 1 is 1.44 bits per heavy atom. The molecule has 6 heteroatoms. The maximum Gasteiger partial charge on any atom is 0.346 e. The zero-order valence-electron chi connectivity index (χ0n) is 9.73. The van der Waals surface area contributed by atoms with Crippen LogP contribution in [0.4, 0.5) is 0 Å². The van der Waals surface area contributed by atoms with Gasteiger partial charge in [-0.1, -0.05) is 11.6 Å². The van der Waals surface area contributed by atoms with Gasteiger partial charge >= 0.3 is 5.97 Å². The van der Waals surface area contributed by atoms with Crippen LogP contribution in [0.15, 0.2) is 17.7 Å². The van der Waals surface area contributed by atoms with Crippen LogP contribution in [0.3, 0.4) is 0 Å². The Kier molecular flexibility index (Phi) is 4.58. The molecule has 0 radical (unpaired) electrons. The number of carbonyl (C=O) groups is 1. The van der Waals surface area contributed by atoms with Crippen molar-refractivity contribution in [3.05, 3.63) is 28.3 Å². The fourth-order valence-corrected chi connectivity index (χ4v) is 1.60. The predicted octanol–water partition coefficient (Wildman–Crippen LogP) is 2.35. The predicted molar refractivity (Wildman–Crippen MR) is 65.8 cm³/mol. The van der Waals surface area contributed by atoms with Crippen molar-refractivity contribution in [2.45, 2.75) is 0 Å². The van der Waals surface area contributed by atoms with Crippen molar-refractivity contribution in [1.29, 1.82) is 5.26 Å². The van der Waals surface area contributed by atoms with Crippen LogP contribution in [-0.2, 0) is 4.79 Å². The number of halogens is 1. The molecule has 1 N–H and O–H groups in total. The van der Waals surface area contributed by atoms with Crippen molar-refractivity contribution >= 4 is 23.6 Å². The summed E-state index contributed by atoms with van der Waals surface area (Å²) >= 11 is 6.05. The Morgan fingerprint density at radius 2 is 2.11 bits per heavy atom. The molecule has 0 aromatic heterocycles. The maximum atomic E-state index is 10.7. The summed E-state index contributed by atoms with van der Waals surface area (Å²) in [6.07, 6.45) is 1.17. The van der Waals surface area contributed by atoms with Crippen LogP contribution in [-0.4, -0.2) is 25.3 Å². The molecular formula is C12H10ClNO4. The molecular weight excluding hydrogens is 258 g/mol. The van der Waals surface area contributed by atoms with E-state index in [9.17, 15) is 4.79 Å². The van der Waals surface area contributed by atoms with Crippen molar-refractivity contribution in [3.63, 3.8) is 0 Å². The molecule has 0 saturated carbocycles. The number of hydrogen-bond donors (Lipinski definition) is 1. The standard InChI is InChI=1S/C12H10ClNO4/c1-17-9-4-3-7(10(13)11(9)18-2)5-8(6-14)12(15)16/h3-5H,1-2H3,(H,15,16)/b8-5-. The highest BCUT2D eigenvalue weighted by Gasteiger charge is 2.14. The van der Waals surface area contributed by atoms with Crippen molar-refractivity contribution in [2.75, 3.05) is 14.2 Å². The second-order valence-electron chi connectivity index (χ2n) is 3.18. The van der Waals surface area contributed by atoms with Gasteiger partial charge in [0.25, 0.3) is 0 Å². The smallest absolute Gasteiger partial charge is 0.346 e. The van der Waals surface area contributed by atoms with E-state index in [4.69, 9.17) is 31.4 Å². The van der Waals surface area contributed by atoms with Crippen LogP contribution >= 0.6 is 11.6 Å². The number of methoxy groups -OCH3 is 2. The van der Waals surface area contributed by atoms with E-state index in [1.807, 2.05) is 0 Å². The molecule has 0 aliphatic carbocycles. The van der Waals surface area contributed by atoms with Gasteiger partial charge in [-0.2, -0.15) is 5.26 Å². The zero-order valence-corrected chi connectivity index (χ0v) is 10.5. The normalized spacial score (nSPS) is 10.7. The molecule has 0 fully saturated rings. The average molecular weight is 268 g/mol. The third-order valence-electron chi connectivity index (χ3n) is 2.17. The minimum absolute atomic E-state index is 0.186. The monoisotopic (exact) mass is 267 g/mol. The SMILES string of the molecule is COc1ccc(/C=C(/C#N)C(=O)O)c(Cl)c1OC. The number of carboxylic acids is 1. The molecule has 5 nitrogen and oxygen atoms in total. The first-order valence-corrected chi connectivity index (χ1v) is 5.18. The summed E-state index contributed by atoms with van der Waals surface area (Å²) in [7, 11) is 2.88. The molecule has 0 saturated heterocycles. The molecule has 1 rings (SSSR count). The third-order valence-corrected chi connectivity index (χ3v) is 2.56. The van der Waals surface area contributed by atoms with Crippen LogP contribution in [0.5, 0.6) is 11.5 Å². The number of aliphatic carboxylic acids is 1. The average Bonchev–Trinajstić information content (AvgIpc) is 2.36. The maximum absolute atomic E-state index is 10.7. The molecule has 0 amide bonds. The van der Waals surface area contributed by atoms with E-state index in [1.54, 1.807) is 18.2 Å². The number of rotatable bonds is 4. The molecule has 0 spiro atoms. The molecule has 1 aromatic rings. The van der Waals surface area contributed by atoms with E-state index in [0.29, 0.717) is 11.3 Å². The second-order valence-corrected chi connectivity index (χ2v) is 3.56.